The van der Waals surface area contributed by atoms with Crippen LogP contribution in [0.25, 0.3) is 0 Å². The van der Waals surface area contributed by atoms with Gasteiger partial charge in [-0.15, -0.1) is 0 Å². The van der Waals surface area contributed by atoms with Crippen LogP contribution in [-0.4, -0.2) is 22.0 Å². The predicted octanol–water partition coefficient (Wildman–Crippen LogP) is 9.10. The van der Waals surface area contributed by atoms with Crippen molar-refractivity contribution < 1.29 is 19.8 Å². The lowest BCUT2D eigenvalue weighted by Crippen LogP contribution is -2.12. The van der Waals surface area contributed by atoms with E-state index in [0.717, 1.165) is 13.4 Å². The molecular formula is C26H17Br5N2O4. The van der Waals surface area contributed by atoms with Crippen LogP contribution < -0.4 is 10.6 Å². The van der Waals surface area contributed by atoms with Crippen molar-refractivity contribution in [3.8, 4) is 11.5 Å². The molecule has 0 aliphatic heterocycles. The first-order valence-corrected chi connectivity index (χ1v) is 14.3. The van der Waals surface area contributed by atoms with Gasteiger partial charge in [-0.2, -0.15) is 0 Å². The molecule has 0 fully saturated rings. The van der Waals surface area contributed by atoms with Crippen LogP contribution in [0.2, 0.25) is 0 Å². The lowest BCUT2D eigenvalue weighted by Gasteiger charge is -2.09. The molecule has 4 N–H and O–H groups in total. The van der Waals surface area contributed by atoms with Crippen LogP contribution in [0.1, 0.15) is 20.7 Å². The maximum atomic E-state index is 12.1. The smallest absolute Gasteiger partial charge is 0.259 e. The molecule has 4 aromatic rings. The van der Waals surface area contributed by atoms with E-state index in [1.807, 2.05) is 24.3 Å². The van der Waals surface area contributed by atoms with E-state index in [4.69, 9.17) is 0 Å². The molecule has 0 aliphatic carbocycles. The standard InChI is InChI=1S/C13H8Br3NO2.C13H9Br2NO2/c14-7-1-3-9(4-2-7)17-13(19)10-5-8(15)6-11(16)12(10)18;14-8-1-4-10(5-2-8)16-13(18)11-7-9(15)3-6-12(11)17/h1-6,18H,(H,17,19);1-7,17H,(H,16,18). The summed E-state index contributed by atoms with van der Waals surface area (Å²) < 4.78 is 3.77. The topological polar surface area (TPSA) is 98.7 Å². The van der Waals surface area contributed by atoms with Gasteiger partial charge >= 0.3 is 0 Å². The Hall–Kier alpha value is -2.18. The van der Waals surface area contributed by atoms with E-state index in [-0.39, 0.29) is 34.4 Å². The Kier molecular flexibility index (Phi) is 10.8. The number of phenolic OH excluding ortho intramolecular Hbond substituents is 2. The zero-order valence-electron chi connectivity index (χ0n) is 18.6. The molecule has 4 aromatic carbocycles. The molecule has 0 aliphatic rings. The van der Waals surface area contributed by atoms with Gasteiger partial charge in [-0.25, -0.2) is 0 Å². The Balaban J connectivity index is 0.000000206. The molecule has 11 heteroatoms. The van der Waals surface area contributed by atoms with Gasteiger partial charge in [-0.1, -0.05) is 63.7 Å². The molecule has 2 amide bonds. The van der Waals surface area contributed by atoms with Crippen LogP contribution in [0.3, 0.4) is 0 Å². The maximum Gasteiger partial charge on any atom is 0.259 e. The molecular weight excluding hydrogens is 804 g/mol. The number of rotatable bonds is 4. The van der Waals surface area contributed by atoms with Gasteiger partial charge in [0.15, 0.2) is 0 Å². The Morgan fingerprint density at radius 2 is 0.973 bits per heavy atom. The number of anilines is 2. The first-order chi connectivity index (χ1) is 17.5. The lowest BCUT2D eigenvalue weighted by molar-refractivity contribution is 0.101. The van der Waals surface area contributed by atoms with Gasteiger partial charge in [0.1, 0.15) is 11.5 Å². The second kappa shape index (κ2) is 13.6. The minimum absolute atomic E-state index is 0.0483. The zero-order chi connectivity index (χ0) is 27.1. The second-order valence-electron chi connectivity index (χ2n) is 7.37. The van der Waals surface area contributed by atoms with Crippen molar-refractivity contribution in [1.82, 2.24) is 0 Å². The average molecular weight is 821 g/mol. The highest BCUT2D eigenvalue weighted by Gasteiger charge is 2.15. The third-order valence-corrected chi connectivity index (χ3v) is 7.29. The van der Waals surface area contributed by atoms with E-state index in [2.05, 4.69) is 90.3 Å². The van der Waals surface area contributed by atoms with Crippen LogP contribution in [0.5, 0.6) is 11.5 Å². The number of carbonyl (C=O) groups is 2. The zero-order valence-corrected chi connectivity index (χ0v) is 26.5. The summed E-state index contributed by atoms with van der Waals surface area (Å²) in [6.07, 6.45) is 0. The quantitative estimate of drug-likeness (QED) is 0.165. The van der Waals surface area contributed by atoms with Crippen molar-refractivity contribution in [3.05, 3.63) is 112 Å². The number of hydrogen-bond acceptors (Lipinski definition) is 4. The third-order valence-electron chi connectivity index (χ3n) is 4.68. The largest absolute Gasteiger partial charge is 0.507 e. The first kappa shape index (κ1) is 29.4. The molecule has 0 spiro atoms. The van der Waals surface area contributed by atoms with Crippen LogP contribution >= 0.6 is 79.6 Å². The normalized spacial score (nSPS) is 10.2. The first-order valence-electron chi connectivity index (χ1n) is 10.3. The van der Waals surface area contributed by atoms with Gasteiger partial charge in [0.25, 0.3) is 11.8 Å². The number of carbonyl (C=O) groups excluding carboxylic acids is 2. The minimum Gasteiger partial charge on any atom is -0.507 e. The summed E-state index contributed by atoms with van der Waals surface area (Å²) in [6.45, 7) is 0. The molecule has 0 radical (unpaired) electrons. The molecule has 0 bridgehead atoms. The van der Waals surface area contributed by atoms with Crippen molar-refractivity contribution in [2.75, 3.05) is 10.6 Å². The van der Waals surface area contributed by atoms with Crippen molar-refractivity contribution in [1.29, 1.82) is 0 Å². The minimum atomic E-state index is -0.373. The van der Waals surface area contributed by atoms with Crippen LogP contribution in [0, 0.1) is 0 Å². The number of nitrogens with one attached hydrogen (secondary N) is 2. The summed E-state index contributed by atoms with van der Waals surface area (Å²) >= 11 is 16.4. The molecule has 190 valence electrons. The van der Waals surface area contributed by atoms with Crippen LogP contribution in [0.15, 0.2) is 101 Å². The monoisotopic (exact) mass is 816 g/mol. The number of aromatic hydroxyl groups is 2. The highest BCUT2D eigenvalue weighted by molar-refractivity contribution is 9.11. The summed E-state index contributed by atoms with van der Waals surface area (Å²) in [5.74, 6) is -0.858. The SMILES string of the molecule is O=C(Nc1ccc(Br)cc1)c1cc(Br)cc(Br)c1O.O=C(Nc1ccc(Br)cc1)c1cc(Br)ccc1O. The van der Waals surface area contributed by atoms with Crippen molar-refractivity contribution >= 4 is 103 Å². The third kappa shape index (κ3) is 8.68. The van der Waals surface area contributed by atoms with Crippen LogP contribution in [-0.2, 0) is 0 Å². The van der Waals surface area contributed by atoms with E-state index in [1.54, 1.807) is 48.5 Å². The van der Waals surface area contributed by atoms with Gasteiger partial charge in [0.05, 0.1) is 15.6 Å². The summed E-state index contributed by atoms with van der Waals surface area (Å²) in [4.78, 5) is 24.1. The number of hydrogen-bond donors (Lipinski definition) is 4. The summed E-state index contributed by atoms with van der Waals surface area (Å²) in [5.41, 5.74) is 1.75. The van der Waals surface area contributed by atoms with Gasteiger partial charge in [0, 0.05) is 29.3 Å². The highest BCUT2D eigenvalue weighted by atomic mass is 79.9. The van der Waals surface area contributed by atoms with Gasteiger partial charge < -0.3 is 20.8 Å². The van der Waals surface area contributed by atoms with Crippen molar-refractivity contribution in [2.24, 2.45) is 0 Å². The Labute approximate surface area is 255 Å². The van der Waals surface area contributed by atoms with E-state index in [1.165, 1.54) is 6.07 Å². The fourth-order valence-corrected chi connectivity index (χ4v) is 5.01. The van der Waals surface area contributed by atoms with Gasteiger partial charge in [0.2, 0.25) is 0 Å². The fraction of sp³-hybridized carbons (Fsp3) is 0. The molecule has 0 unspecified atom stereocenters. The van der Waals surface area contributed by atoms with E-state index in [9.17, 15) is 19.8 Å². The van der Waals surface area contributed by atoms with Gasteiger partial charge in [-0.05, 0) is 94.8 Å². The lowest BCUT2D eigenvalue weighted by atomic mass is 10.2. The Morgan fingerprint density at radius 1 is 0.541 bits per heavy atom. The molecule has 0 saturated carbocycles. The van der Waals surface area contributed by atoms with E-state index in [0.29, 0.717) is 20.3 Å². The number of phenols is 2. The van der Waals surface area contributed by atoms with E-state index < -0.39 is 0 Å². The molecule has 37 heavy (non-hydrogen) atoms. The second-order valence-corrected chi connectivity index (χ2v) is 11.9. The number of halogens is 5. The van der Waals surface area contributed by atoms with Gasteiger partial charge in [-0.3, -0.25) is 9.59 Å². The molecule has 0 saturated heterocycles. The van der Waals surface area contributed by atoms with Crippen molar-refractivity contribution in [3.63, 3.8) is 0 Å². The predicted molar refractivity (Wildman–Crippen MR) is 164 cm³/mol. The van der Waals surface area contributed by atoms with E-state index >= 15 is 0 Å². The number of benzene rings is 4. The molecule has 4 rings (SSSR count). The highest BCUT2D eigenvalue weighted by Crippen LogP contribution is 2.32. The summed E-state index contributed by atoms with van der Waals surface area (Å²) in [5, 5.41) is 24.9. The summed E-state index contributed by atoms with van der Waals surface area (Å²) in [6, 6.07) is 22.4. The Bertz CT molecular complexity index is 1430. The summed E-state index contributed by atoms with van der Waals surface area (Å²) in [7, 11) is 0. The average Bonchev–Trinajstić information content (AvgIpc) is 2.86. The molecule has 0 aromatic heterocycles. The van der Waals surface area contributed by atoms with Crippen LogP contribution in [0.4, 0.5) is 11.4 Å². The van der Waals surface area contributed by atoms with Crippen molar-refractivity contribution in [2.45, 2.75) is 0 Å². The molecule has 6 nitrogen and oxygen atoms in total. The maximum absolute atomic E-state index is 12.1. The fourth-order valence-electron chi connectivity index (χ4n) is 2.89. The number of amides is 2. The molecule has 0 atom stereocenters. The molecule has 0 heterocycles. The Morgan fingerprint density at radius 3 is 1.49 bits per heavy atom.